The zero-order valence-corrected chi connectivity index (χ0v) is 10.9. The van der Waals surface area contributed by atoms with E-state index in [1.807, 2.05) is 30.5 Å². The maximum absolute atomic E-state index is 13.0. The highest BCUT2D eigenvalue weighted by Crippen LogP contribution is 2.22. The Morgan fingerprint density at radius 2 is 2.05 bits per heavy atom. The second-order valence-electron chi connectivity index (χ2n) is 3.71. The van der Waals surface area contributed by atoms with E-state index in [0.717, 1.165) is 17.2 Å². The third kappa shape index (κ3) is 3.23. The molecule has 0 saturated heterocycles. The Kier molecular flexibility index (Phi) is 4.01. The minimum absolute atomic E-state index is 0.116. The van der Waals surface area contributed by atoms with Crippen LogP contribution in [-0.4, -0.2) is 22.3 Å². The molecule has 0 aliphatic rings. The summed E-state index contributed by atoms with van der Waals surface area (Å²) in [6.45, 7) is 0. The van der Waals surface area contributed by atoms with Gasteiger partial charge in [0.1, 0.15) is 17.2 Å². The number of hydrogen-bond donors (Lipinski definition) is 2. The highest BCUT2D eigenvalue weighted by molar-refractivity contribution is 7.98. The quantitative estimate of drug-likeness (QED) is 0.839. The standard InChI is InChI=1S/C13H11FN2O2S/c1-19-10-4-2-9(3-5-10)16-12-11(13(17)18)6-8(14)7-15-12/h2-7H,1H3,(H,15,16)(H,17,18). The number of benzene rings is 1. The Bertz CT molecular complexity index is 602. The van der Waals surface area contributed by atoms with Crippen LogP contribution in [0.1, 0.15) is 10.4 Å². The van der Waals surface area contributed by atoms with Gasteiger partial charge in [-0.2, -0.15) is 0 Å². The van der Waals surface area contributed by atoms with Gasteiger partial charge in [0.05, 0.1) is 6.20 Å². The zero-order chi connectivity index (χ0) is 13.8. The maximum Gasteiger partial charge on any atom is 0.339 e. The first-order valence-corrected chi connectivity index (χ1v) is 6.62. The summed E-state index contributed by atoms with van der Waals surface area (Å²) >= 11 is 1.61. The van der Waals surface area contributed by atoms with Gasteiger partial charge in [0.15, 0.2) is 0 Å². The molecular weight excluding hydrogens is 267 g/mol. The predicted octanol–water partition coefficient (Wildman–Crippen LogP) is 3.38. The number of pyridine rings is 1. The number of nitrogens with one attached hydrogen (secondary N) is 1. The molecule has 2 rings (SSSR count). The molecule has 1 aromatic heterocycles. The molecule has 0 amide bonds. The summed E-state index contributed by atoms with van der Waals surface area (Å²) in [5, 5.41) is 11.9. The van der Waals surface area contributed by atoms with Crippen LogP contribution in [0.15, 0.2) is 41.4 Å². The summed E-state index contributed by atoms with van der Waals surface area (Å²) in [6, 6.07) is 8.35. The van der Waals surface area contributed by atoms with Gasteiger partial charge in [-0.25, -0.2) is 14.2 Å². The van der Waals surface area contributed by atoms with Crippen molar-refractivity contribution >= 4 is 29.2 Å². The van der Waals surface area contributed by atoms with Crippen LogP contribution < -0.4 is 5.32 Å². The van der Waals surface area contributed by atoms with Crippen LogP contribution in [0.2, 0.25) is 0 Å². The SMILES string of the molecule is CSc1ccc(Nc2ncc(F)cc2C(=O)O)cc1. The molecular formula is C13H11FN2O2S. The summed E-state index contributed by atoms with van der Waals surface area (Å²) in [4.78, 5) is 15.9. The van der Waals surface area contributed by atoms with Crippen molar-refractivity contribution in [3.63, 3.8) is 0 Å². The van der Waals surface area contributed by atoms with Crippen molar-refractivity contribution in [2.24, 2.45) is 0 Å². The van der Waals surface area contributed by atoms with Crippen LogP contribution in [0, 0.1) is 5.82 Å². The van der Waals surface area contributed by atoms with Gasteiger partial charge in [-0.05, 0) is 36.6 Å². The van der Waals surface area contributed by atoms with Gasteiger partial charge in [0, 0.05) is 10.6 Å². The van der Waals surface area contributed by atoms with Crippen molar-refractivity contribution in [1.82, 2.24) is 4.98 Å². The summed E-state index contributed by atoms with van der Waals surface area (Å²) in [5.74, 6) is -1.79. The van der Waals surface area contributed by atoms with Crippen molar-refractivity contribution in [2.75, 3.05) is 11.6 Å². The fourth-order valence-electron chi connectivity index (χ4n) is 1.51. The lowest BCUT2D eigenvalue weighted by atomic mass is 10.2. The van der Waals surface area contributed by atoms with Gasteiger partial charge < -0.3 is 10.4 Å². The fourth-order valence-corrected chi connectivity index (χ4v) is 1.92. The highest BCUT2D eigenvalue weighted by atomic mass is 32.2. The van der Waals surface area contributed by atoms with Crippen molar-refractivity contribution in [2.45, 2.75) is 4.90 Å². The van der Waals surface area contributed by atoms with Gasteiger partial charge in [0.2, 0.25) is 0 Å². The first-order valence-electron chi connectivity index (χ1n) is 5.40. The summed E-state index contributed by atoms with van der Waals surface area (Å²) in [7, 11) is 0. The zero-order valence-electron chi connectivity index (χ0n) is 10.1. The second kappa shape index (κ2) is 5.71. The number of aromatic nitrogens is 1. The van der Waals surface area contributed by atoms with Gasteiger partial charge in [-0.15, -0.1) is 11.8 Å². The molecule has 0 saturated carbocycles. The van der Waals surface area contributed by atoms with Crippen molar-refractivity contribution in [1.29, 1.82) is 0 Å². The van der Waals surface area contributed by atoms with Gasteiger partial charge in [-0.3, -0.25) is 0 Å². The smallest absolute Gasteiger partial charge is 0.339 e. The summed E-state index contributed by atoms with van der Waals surface area (Å²) in [6.07, 6.45) is 2.94. The minimum Gasteiger partial charge on any atom is -0.478 e. The topological polar surface area (TPSA) is 62.2 Å². The molecule has 0 spiro atoms. The number of thioether (sulfide) groups is 1. The average Bonchev–Trinajstić information content (AvgIpc) is 2.41. The lowest BCUT2D eigenvalue weighted by Gasteiger charge is -2.08. The molecule has 2 N–H and O–H groups in total. The fraction of sp³-hybridized carbons (Fsp3) is 0.0769. The van der Waals surface area contributed by atoms with Crippen LogP contribution in [-0.2, 0) is 0 Å². The van der Waals surface area contributed by atoms with Crippen LogP contribution in [0.3, 0.4) is 0 Å². The molecule has 98 valence electrons. The molecule has 1 heterocycles. The summed E-state index contributed by atoms with van der Waals surface area (Å²) in [5.41, 5.74) is 0.494. The van der Waals surface area contributed by atoms with Gasteiger partial charge in [-0.1, -0.05) is 0 Å². The third-order valence-electron chi connectivity index (χ3n) is 2.44. The van der Waals surface area contributed by atoms with Gasteiger partial charge in [0.25, 0.3) is 0 Å². The molecule has 1 aromatic carbocycles. The Morgan fingerprint density at radius 3 is 2.63 bits per heavy atom. The number of anilines is 2. The van der Waals surface area contributed by atoms with Crippen molar-refractivity contribution < 1.29 is 14.3 Å². The molecule has 2 aromatic rings. The predicted molar refractivity (Wildman–Crippen MR) is 72.7 cm³/mol. The van der Waals surface area contributed by atoms with Crippen LogP contribution in [0.5, 0.6) is 0 Å². The van der Waals surface area contributed by atoms with E-state index in [9.17, 15) is 9.18 Å². The molecule has 0 atom stereocenters. The highest BCUT2D eigenvalue weighted by Gasteiger charge is 2.13. The number of carboxylic acids is 1. The monoisotopic (exact) mass is 278 g/mol. The largest absolute Gasteiger partial charge is 0.478 e. The van der Waals surface area contributed by atoms with E-state index >= 15 is 0 Å². The van der Waals surface area contributed by atoms with Crippen LogP contribution >= 0.6 is 11.8 Å². The van der Waals surface area contributed by atoms with Crippen molar-refractivity contribution in [3.05, 3.63) is 47.9 Å². The molecule has 0 radical (unpaired) electrons. The van der Waals surface area contributed by atoms with E-state index in [2.05, 4.69) is 10.3 Å². The van der Waals surface area contributed by atoms with E-state index in [1.165, 1.54) is 0 Å². The first-order chi connectivity index (χ1) is 9.10. The number of carboxylic acid groups (broad SMARTS) is 1. The van der Waals surface area contributed by atoms with E-state index in [0.29, 0.717) is 5.69 Å². The Morgan fingerprint density at radius 1 is 1.37 bits per heavy atom. The average molecular weight is 278 g/mol. The summed E-state index contributed by atoms with van der Waals surface area (Å²) < 4.78 is 13.0. The minimum atomic E-state index is -1.23. The molecule has 0 bridgehead atoms. The Balaban J connectivity index is 2.29. The Labute approximate surface area is 113 Å². The van der Waals surface area contributed by atoms with Crippen LogP contribution in [0.4, 0.5) is 15.9 Å². The molecule has 19 heavy (non-hydrogen) atoms. The molecule has 0 aliphatic carbocycles. The number of carbonyl (C=O) groups is 1. The molecule has 0 unspecified atom stereocenters. The normalized spacial score (nSPS) is 10.2. The molecule has 0 fully saturated rings. The van der Waals surface area contributed by atoms with E-state index in [1.54, 1.807) is 11.8 Å². The number of nitrogens with zero attached hydrogens (tertiary/aromatic N) is 1. The number of hydrogen-bond acceptors (Lipinski definition) is 4. The van der Waals surface area contributed by atoms with E-state index in [4.69, 9.17) is 5.11 Å². The number of rotatable bonds is 4. The van der Waals surface area contributed by atoms with Crippen molar-refractivity contribution in [3.8, 4) is 0 Å². The van der Waals surface area contributed by atoms with Gasteiger partial charge >= 0.3 is 5.97 Å². The third-order valence-corrected chi connectivity index (χ3v) is 3.18. The molecule has 6 heteroatoms. The lowest BCUT2D eigenvalue weighted by Crippen LogP contribution is -2.05. The lowest BCUT2D eigenvalue weighted by molar-refractivity contribution is 0.0697. The Hall–Kier alpha value is -2.08. The molecule has 4 nitrogen and oxygen atoms in total. The second-order valence-corrected chi connectivity index (χ2v) is 4.59. The van der Waals surface area contributed by atoms with E-state index < -0.39 is 11.8 Å². The number of halogens is 1. The molecule has 0 aliphatic heterocycles. The first kappa shape index (κ1) is 13.4. The maximum atomic E-state index is 13.0. The van der Waals surface area contributed by atoms with E-state index in [-0.39, 0.29) is 11.4 Å². The number of aromatic carboxylic acids is 1. The van der Waals surface area contributed by atoms with Crippen LogP contribution in [0.25, 0.3) is 0 Å².